The van der Waals surface area contributed by atoms with E-state index in [9.17, 15) is 14.0 Å². The molecule has 1 atom stereocenters. The number of nitrogens with one attached hydrogen (secondary N) is 1. The van der Waals surface area contributed by atoms with Crippen molar-refractivity contribution in [2.75, 3.05) is 19.7 Å². The highest BCUT2D eigenvalue weighted by Gasteiger charge is 2.29. The van der Waals surface area contributed by atoms with Gasteiger partial charge in [0.25, 0.3) is 5.91 Å². The van der Waals surface area contributed by atoms with Gasteiger partial charge in [0.15, 0.2) is 5.82 Å². The Kier molecular flexibility index (Phi) is 5.77. The highest BCUT2D eigenvalue weighted by molar-refractivity contribution is 9.10. The van der Waals surface area contributed by atoms with E-state index >= 15 is 0 Å². The Labute approximate surface area is 140 Å². The van der Waals surface area contributed by atoms with Crippen molar-refractivity contribution in [3.05, 3.63) is 33.0 Å². The maximum Gasteiger partial charge on any atom is 0.255 e. The first kappa shape index (κ1) is 17.2. The topological polar surface area (TPSA) is 69.6 Å². The number of aliphatic hydroxyl groups is 1. The summed E-state index contributed by atoms with van der Waals surface area (Å²) in [6.45, 7) is 0.192. The molecule has 0 radical (unpaired) electrons. The summed E-state index contributed by atoms with van der Waals surface area (Å²) in [4.78, 5) is 25.3. The van der Waals surface area contributed by atoms with E-state index in [1.54, 1.807) is 0 Å². The molecule has 1 aliphatic rings. The van der Waals surface area contributed by atoms with E-state index in [-0.39, 0.29) is 29.1 Å². The van der Waals surface area contributed by atoms with Crippen molar-refractivity contribution in [3.63, 3.8) is 0 Å². The molecule has 0 bridgehead atoms. The molecule has 1 aromatic rings. The smallest absolute Gasteiger partial charge is 0.255 e. The SMILES string of the molecule is O=C(NCC1CCCN1C(=O)CO)c1c(Br)ccc(Cl)c1F. The molecule has 1 heterocycles. The Balaban J connectivity index is 2.04. The lowest BCUT2D eigenvalue weighted by Crippen LogP contribution is -2.44. The predicted octanol–water partition coefficient (Wildman–Crippen LogP) is 1.95. The van der Waals surface area contributed by atoms with Crippen molar-refractivity contribution in [2.45, 2.75) is 18.9 Å². The van der Waals surface area contributed by atoms with Gasteiger partial charge in [0.05, 0.1) is 10.6 Å². The largest absolute Gasteiger partial charge is 0.387 e. The van der Waals surface area contributed by atoms with Crippen LogP contribution in [0.5, 0.6) is 0 Å². The molecule has 1 aromatic carbocycles. The lowest BCUT2D eigenvalue weighted by atomic mass is 10.1. The van der Waals surface area contributed by atoms with Crippen LogP contribution in [-0.2, 0) is 4.79 Å². The molecule has 2 N–H and O–H groups in total. The number of amides is 2. The number of aliphatic hydroxyl groups excluding tert-OH is 1. The predicted molar refractivity (Wildman–Crippen MR) is 83.3 cm³/mol. The summed E-state index contributed by atoms with van der Waals surface area (Å²) >= 11 is 8.81. The van der Waals surface area contributed by atoms with Gasteiger partial charge in [0, 0.05) is 23.6 Å². The molecule has 0 saturated carbocycles. The van der Waals surface area contributed by atoms with Crippen molar-refractivity contribution in [3.8, 4) is 0 Å². The highest BCUT2D eigenvalue weighted by Crippen LogP contribution is 2.26. The Bertz CT molecular complexity index is 600. The lowest BCUT2D eigenvalue weighted by molar-refractivity contribution is -0.134. The van der Waals surface area contributed by atoms with Crippen LogP contribution >= 0.6 is 27.5 Å². The second kappa shape index (κ2) is 7.39. The van der Waals surface area contributed by atoms with Crippen molar-refractivity contribution in [1.29, 1.82) is 0 Å². The molecule has 2 amide bonds. The standard InChI is InChI=1S/C14H15BrClFN2O3/c15-9-3-4-10(16)13(17)12(9)14(22)18-6-8-2-1-5-19(8)11(21)7-20/h3-4,8,20H,1-2,5-7H2,(H,18,22). The molecule has 0 aliphatic carbocycles. The first-order valence-corrected chi connectivity index (χ1v) is 7.94. The van der Waals surface area contributed by atoms with Gasteiger partial charge in [-0.25, -0.2) is 4.39 Å². The Morgan fingerprint density at radius 2 is 2.23 bits per heavy atom. The number of hydrogen-bond donors (Lipinski definition) is 2. The summed E-state index contributed by atoms with van der Waals surface area (Å²) < 4.78 is 14.3. The number of carbonyl (C=O) groups excluding carboxylic acids is 2. The van der Waals surface area contributed by atoms with E-state index in [1.807, 2.05) is 0 Å². The third kappa shape index (κ3) is 3.59. The minimum absolute atomic E-state index is 0.133. The Hall–Kier alpha value is -1.18. The molecule has 2 rings (SSSR count). The third-order valence-electron chi connectivity index (χ3n) is 3.60. The summed E-state index contributed by atoms with van der Waals surface area (Å²) in [5.41, 5.74) is -0.162. The van der Waals surface area contributed by atoms with E-state index in [0.29, 0.717) is 11.0 Å². The second-order valence-electron chi connectivity index (χ2n) is 4.97. The third-order valence-corrected chi connectivity index (χ3v) is 4.55. The molecule has 0 aromatic heterocycles. The number of likely N-dealkylation sites (tertiary alicyclic amines) is 1. The first-order chi connectivity index (χ1) is 10.5. The van der Waals surface area contributed by atoms with Gasteiger partial charge >= 0.3 is 0 Å². The van der Waals surface area contributed by atoms with Crippen LogP contribution < -0.4 is 5.32 Å². The second-order valence-corrected chi connectivity index (χ2v) is 6.23. The number of nitrogens with zero attached hydrogens (tertiary/aromatic N) is 1. The van der Waals surface area contributed by atoms with Crippen LogP contribution in [0.15, 0.2) is 16.6 Å². The number of benzene rings is 1. The molecule has 1 aliphatic heterocycles. The average Bonchev–Trinajstić information content (AvgIpc) is 2.97. The summed E-state index contributed by atoms with van der Waals surface area (Å²) in [5, 5.41) is 11.4. The monoisotopic (exact) mass is 392 g/mol. The van der Waals surface area contributed by atoms with Gasteiger partial charge in [0.2, 0.25) is 5.91 Å². The zero-order valence-electron chi connectivity index (χ0n) is 11.6. The molecule has 0 spiro atoms. The van der Waals surface area contributed by atoms with Gasteiger partial charge in [-0.2, -0.15) is 0 Å². The number of carbonyl (C=O) groups is 2. The summed E-state index contributed by atoms with van der Waals surface area (Å²) in [7, 11) is 0. The van der Waals surface area contributed by atoms with E-state index < -0.39 is 18.3 Å². The molecular formula is C14H15BrClFN2O3. The molecule has 1 saturated heterocycles. The lowest BCUT2D eigenvalue weighted by Gasteiger charge is -2.24. The summed E-state index contributed by atoms with van der Waals surface area (Å²) in [5.74, 6) is -1.76. The summed E-state index contributed by atoms with van der Waals surface area (Å²) in [6.07, 6.45) is 1.53. The quantitative estimate of drug-likeness (QED) is 0.768. The van der Waals surface area contributed by atoms with Crippen LogP contribution in [-0.4, -0.2) is 47.6 Å². The molecule has 1 unspecified atom stereocenters. The van der Waals surface area contributed by atoms with E-state index in [4.69, 9.17) is 16.7 Å². The summed E-state index contributed by atoms with van der Waals surface area (Å²) in [6, 6.07) is 2.66. The molecule has 8 heteroatoms. The van der Waals surface area contributed by atoms with Crippen molar-refractivity contribution < 1.29 is 19.1 Å². The number of hydrogen-bond acceptors (Lipinski definition) is 3. The van der Waals surface area contributed by atoms with Gasteiger partial charge < -0.3 is 15.3 Å². The minimum Gasteiger partial charge on any atom is -0.387 e. The van der Waals surface area contributed by atoms with Crippen molar-refractivity contribution >= 4 is 39.3 Å². The van der Waals surface area contributed by atoms with Gasteiger partial charge in [0.1, 0.15) is 6.61 Å². The van der Waals surface area contributed by atoms with Crippen molar-refractivity contribution in [1.82, 2.24) is 10.2 Å². The van der Waals surface area contributed by atoms with E-state index in [2.05, 4.69) is 21.2 Å². The highest BCUT2D eigenvalue weighted by atomic mass is 79.9. The van der Waals surface area contributed by atoms with Gasteiger partial charge in [-0.15, -0.1) is 0 Å². The Morgan fingerprint density at radius 1 is 1.50 bits per heavy atom. The molecule has 22 heavy (non-hydrogen) atoms. The molecule has 1 fully saturated rings. The zero-order chi connectivity index (χ0) is 16.3. The maximum absolute atomic E-state index is 14.0. The van der Waals surface area contributed by atoms with Crippen LogP contribution in [0.3, 0.4) is 0 Å². The zero-order valence-corrected chi connectivity index (χ0v) is 14.0. The average molecular weight is 394 g/mol. The number of rotatable bonds is 4. The van der Waals surface area contributed by atoms with Gasteiger partial charge in [-0.1, -0.05) is 11.6 Å². The van der Waals surface area contributed by atoms with E-state index in [1.165, 1.54) is 17.0 Å². The van der Waals surface area contributed by atoms with Crippen LogP contribution in [0.1, 0.15) is 23.2 Å². The van der Waals surface area contributed by atoms with Crippen LogP contribution in [0.4, 0.5) is 4.39 Å². The van der Waals surface area contributed by atoms with Gasteiger partial charge in [-0.05, 0) is 40.9 Å². The van der Waals surface area contributed by atoms with Crippen LogP contribution in [0.25, 0.3) is 0 Å². The fourth-order valence-corrected chi connectivity index (χ4v) is 3.14. The molecule has 120 valence electrons. The normalized spacial score (nSPS) is 17.6. The maximum atomic E-state index is 14.0. The fourth-order valence-electron chi connectivity index (χ4n) is 2.50. The Morgan fingerprint density at radius 3 is 2.91 bits per heavy atom. The molecular weight excluding hydrogens is 379 g/mol. The minimum atomic E-state index is -0.789. The van der Waals surface area contributed by atoms with Gasteiger partial charge in [-0.3, -0.25) is 9.59 Å². The van der Waals surface area contributed by atoms with Crippen LogP contribution in [0, 0.1) is 5.82 Å². The fraction of sp³-hybridized carbons (Fsp3) is 0.429. The number of halogens is 3. The molecule has 5 nitrogen and oxygen atoms in total. The van der Waals surface area contributed by atoms with Crippen LogP contribution in [0.2, 0.25) is 5.02 Å². The first-order valence-electron chi connectivity index (χ1n) is 6.77. The van der Waals surface area contributed by atoms with E-state index in [0.717, 1.165) is 12.8 Å². The van der Waals surface area contributed by atoms with Crippen molar-refractivity contribution in [2.24, 2.45) is 0 Å².